The molecule has 7 heteroatoms. The summed E-state index contributed by atoms with van der Waals surface area (Å²) in [6.45, 7) is 0.380. The number of rotatable bonds is 5. The summed E-state index contributed by atoms with van der Waals surface area (Å²) < 4.78 is 7.56. The maximum absolute atomic E-state index is 11.2. The molecule has 2 heterocycles. The number of aromatic nitrogens is 4. The molecule has 4 aromatic rings. The van der Waals surface area contributed by atoms with E-state index in [-0.39, 0.29) is 5.69 Å². The molecule has 0 radical (unpaired) electrons. The van der Waals surface area contributed by atoms with Crippen LogP contribution in [0.4, 0.5) is 0 Å². The number of H-pyrrole nitrogens is 1. The molecule has 2 aromatic heterocycles. The molecule has 0 saturated heterocycles. The maximum Gasteiger partial charge on any atom is 0.357 e. The maximum atomic E-state index is 11.2. The molecule has 0 aliphatic rings. The van der Waals surface area contributed by atoms with Crippen molar-refractivity contribution in [2.75, 3.05) is 0 Å². The Kier molecular flexibility index (Phi) is 3.66. The van der Waals surface area contributed by atoms with Crippen molar-refractivity contribution in [3.63, 3.8) is 0 Å². The van der Waals surface area contributed by atoms with E-state index in [0.717, 1.165) is 11.3 Å². The fourth-order valence-electron chi connectivity index (χ4n) is 2.58. The van der Waals surface area contributed by atoms with Crippen LogP contribution in [0.5, 0.6) is 5.75 Å². The van der Waals surface area contributed by atoms with Gasteiger partial charge in [0.05, 0.1) is 11.2 Å². The van der Waals surface area contributed by atoms with Crippen LogP contribution in [-0.2, 0) is 6.61 Å². The van der Waals surface area contributed by atoms with Gasteiger partial charge < -0.3 is 9.84 Å². The molecule has 0 spiro atoms. The van der Waals surface area contributed by atoms with E-state index in [9.17, 15) is 4.79 Å². The average Bonchev–Trinajstić information content (AvgIpc) is 3.29. The Morgan fingerprint density at radius 1 is 1.20 bits per heavy atom. The number of ether oxygens (including phenoxy) is 1. The highest BCUT2D eigenvalue weighted by Gasteiger charge is 2.13. The van der Waals surface area contributed by atoms with Gasteiger partial charge >= 0.3 is 5.97 Å². The van der Waals surface area contributed by atoms with Crippen molar-refractivity contribution in [2.24, 2.45) is 0 Å². The van der Waals surface area contributed by atoms with Crippen LogP contribution in [0.25, 0.3) is 16.6 Å². The second kappa shape index (κ2) is 6.12. The molecule has 2 N–H and O–H groups in total. The first-order valence-electron chi connectivity index (χ1n) is 7.64. The Hall–Kier alpha value is -3.61. The molecule has 0 saturated carbocycles. The van der Waals surface area contributed by atoms with Crippen LogP contribution in [0, 0.1) is 0 Å². The number of carboxylic acid groups (broad SMARTS) is 1. The van der Waals surface area contributed by atoms with Crippen LogP contribution in [-0.4, -0.2) is 31.1 Å². The minimum Gasteiger partial charge on any atom is -0.489 e. The van der Waals surface area contributed by atoms with E-state index in [1.54, 1.807) is 29.1 Å². The monoisotopic (exact) mass is 334 g/mol. The summed E-state index contributed by atoms with van der Waals surface area (Å²) in [6, 6.07) is 15.0. The SMILES string of the molecule is O=C(O)c1n[nH]c2ccc(OCc3ccc(-n4cccn4)cc3)cc12. The number of hydrogen-bond acceptors (Lipinski definition) is 4. The van der Waals surface area contributed by atoms with E-state index >= 15 is 0 Å². The second-order valence-corrected chi connectivity index (χ2v) is 5.49. The van der Waals surface area contributed by atoms with Gasteiger partial charge in [0.1, 0.15) is 12.4 Å². The molecular formula is C18H14N4O3. The summed E-state index contributed by atoms with van der Waals surface area (Å²) in [5.41, 5.74) is 2.62. The van der Waals surface area contributed by atoms with Gasteiger partial charge in [0.15, 0.2) is 5.69 Å². The topological polar surface area (TPSA) is 93.0 Å². The quantitative estimate of drug-likeness (QED) is 0.585. The fraction of sp³-hybridized carbons (Fsp3) is 0.0556. The zero-order valence-electron chi connectivity index (χ0n) is 13.1. The molecule has 25 heavy (non-hydrogen) atoms. The molecule has 0 bridgehead atoms. The van der Waals surface area contributed by atoms with Crippen LogP contribution in [0.1, 0.15) is 16.1 Å². The number of nitrogens with one attached hydrogen (secondary N) is 1. The average molecular weight is 334 g/mol. The highest BCUT2D eigenvalue weighted by molar-refractivity contribution is 6.01. The van der Waals surface area contributed by atoms with Gasteiger partial charge in [-0.2, -0.15) is 10.2 Å². The largest absolute Gasteiger partial charge is 0.489 e. The molecule has 0 aliphatic heterocycles. The van der Waals surface area contributed by atoms with E-state index in [4.69, 9.17) is 9.84 Å². The van der Waals surface area contributed by atoms with Gasteiger partial charge in [-0.1, -0.05) is 12.1 Å². The van der Waals surface area contributed by atoms with Crippen molar-refractivity contribution < 1.29 is 14.6 Å². The Morgan fingerprint density at radius 2 is 2.04 bits per heavy atom. The molecule has 0 fully saturated rings. The molecule has 0 amide bonds. The lowest BCUT2D eigenvalue weighted by molar-refractivity contribution is 0.0692. The highest BCUT2D eigenvalue weighted by Crippen LogP contribution is 2.23. The van der Waals surface area contributed by atoms with E-state index < -0.39 is 5.97 Å². The first kappa shape index (κ1) is 14.9. The number of carbonyl (C=O) groups is 1. The Morgan fingerprint density at radius 3 is 2.76 bits per heavy atom. The summed E-state index contributed by atoms with van der Waals surface area (Å²) in [4.78, 5) is 11.2. The Bertz CT molecular complexity index is 1020. The summed E-state index contributed by atoms with van der Waals surface area (Å²) in [5.74, 6) is -0.481. The van der Waals surface area contributed by atoms with Gasteiger partial charge in [0, 0.05) is 17.8 Å². The predicted molar refractivity (Wildman–Crippen MR) is 90.9 cm³/mol. The predicted octanol–water partition coefficient (Wildman–Crippen LogP) is 3.03. The van der Waals surface area contributed by atoms with E-state index in [1.165, 1.54) is 0 Å². The van der Waals surface area contributed by atoms with Gasteiger partial charge in [-0.25, -0.2) is 9.48 Å². The number of aromatic amines is 1. The van der Waals surface area contributed by atoms with Gasteiger partial charge in [0.2, 0.25) is 0 Å². The smallest absolute Gasteiger partial charge is 0.357 e. The Balaban J connectivity index is 1.50. The number of carboxylic acids is 1. The standard InChI is InChI=1S/C18H14N4O3/c23-18(24)17-15-10-14(6-7-16(15)20-21-17)25-11-12-2-4-13(5-3-12)22-9-1-8-19-22/h1-10H,11H2,(H,20,21)(H,23,24). The minimum atomic E-state index is -1.07. The van der Waals surface area contributed by atoms with Crippen LogP contribution >= 0.6 is 0 Å². The van der Waals surface area contributed by atoms with Crippen molar-refractivity contribution in [3.8, 4) is 11.4 Å². The van der Waals surface area contributed by atoms with E-state index in [2.05, 4.69) is 15.3 Å². The first-order chi connectivity index (χ1) is 12.2. The number of fused-ring (bicyclic) bond motifs is 1. The lowest BCUT2D eigenvalue weighted by atomic mass is 10.2. The number of aromatic carboxylic acids is 1. The summed E-state index contributed by atoms with van der Waals surface area (Å²) in [6.07, 6.45) is 3.61. The van der Waals surface area contributed by atoms with E-state index in [1.807, 2.05) is 36.5 Å². The zero-order valence-corrected chi connectivity index (χ0v) is 13.1. The molecule has 7 nitrogen and oxygen atoms in total. The van der Waals surface area contributed by atoms with Crippen molar-refractivity contribution in [1.82, 2.24) is 20.0 Å². The number of hydrogen-bond donors (Lipinski definition) is 2. The van der Waals surface area contributed by atoms with Crippen molar-refractivity contribution in [2.45, 2.75) is 6.61 Å². The minimum absolute atomic E-state index is 0.0102. The lowest BCUT2D eigenvalue weighted by Crippen LogP contribution is -1.99. The van der Waals surface area contributed by atoms with Crippen molar-refractivity contribution in [3.05, 3.63) is 72.2 Å². The van der Waals surface area contributed by atoms with Crippen LogP contribution < -0.4 is 4.74 Å². The molecule has 124 valence electrons. The molecule has 0 atom stereocenters. The van der Waals surface area contributed by atoms with Crippen molar-refractivity contribution in [1.29, 1.82) is 0 Å². The van der Waals surface area contributed by atoms with Crippen LogP contribution in [0.15, 0.2) is 60.9 Å². The number of benzene rings is 2. The third-order valence-electron chi connectivity index (χ3n) is 3.85. The van der Waals surface area contributed by atoms with Crippen molar-refractivity contribution >= 4 is 16.9 Å². The van der Waals surface area contributed by atoms with Gasteiger partial charge in [-0.05, 0) is 42.0 Å². The molecule has 4 rings (SSSR count). The third kappa shape index (κ3) is 2.94. The second-order valence-electron chi connectivity index (χ2n) is 5.49. The molecular weight excluding hydrogens is 320 g/mol. The summed E-state index contributed by atoms with van der Waals surface area (Å²) in [5, 5.41) is 20.4. The van der Waals surface area contributed by atoms with Crippen LogP contribution in [0.2, 0.25) is 0 Å². The summed E-state index contributed by atoms with van der Waals surface area (Å²) >= 11 is 0. The van der Waals surface area contributed by atoms with Gasteiger partial charge in [-0.15, -0.1) is 0 Å². The molecule has 0 aliphatic carbocycles. The third-order valence-corrected chi connectivity index (χ3v) is 3.85. The first-order valence-corrected chi connectivity index (χ1v) is 7.64. The van der Waals surface area contributed by atoms with E-state index in [0.29, 0.717) is 23.3 Å². The normalized spacial score (nSPS) is 10.9. The molecule has 2 aromatic carbocycles. The fourth-order valence-corrected chi connectivity index (χ4v) is 2.58. The lowest BCUT2D eigenvalue weighted by Gasteiger charge is -2.08. The molecule has 0 unspecified atom stereocenters. The summed E-state index contributed by atoms with van der Waals surface area (Å²) in [7, 11) is 0. The van der Waals surface area contributed by atoms with Gasteiger partial charge in [-0.3, -0.25) is 5.10 Å². The zero-order chi connectivity index (χ0) is 17.2. The van der Waals surface area contributed by atoms with Gasteiger partial charge in [0.25, 0.3) is 0 Å². The van der Waals surface area contributed by atoms with Crippen LogP contribution in [0.3, 0.4) is 0 Å². The Labute approximate surface area is 142 Å². The highest BCUT2D eigenvalue weighted by atomic mass is 16.5. The number of nitrogens with zero attached hydrogens (tertiary/aromatic N) is 3.